The van der Waals surface area contributed by atoms with Gasteiger partial charge in [0.15, 0.2) is 0 Å². The van der Waals surface area contributed by atoms with Gasteiger partial charge in [0.2, 0.25) is 0 Å². The largest absolute Gasteiger partial charge is 0.487 e. The second-order valence-corrected chi connectivity index (χ2v) is 5.97. The predicted octanol–water partition coefficient (Wildman–Crippen LogP) is 3.68. The van der Waals surface area contributed by atoms with E-state index in [1.807, 2.05) is 24.3 Å². The van der Waals surface area contributed by atoms with Crippen LogP contribution >= 0.6 is 15.9 Å². The van der Waals surface area contributed by atoms with Gasteiger partial charge in [0.1, 0.15) is 12.4 Å². The number of hydrogen-bond acceptors (Lipinski definition) is 3. The van der Waals surface area contributed by atoms with Crippen LogP contribution < -0.4 is 10.1 Å². The van der Waals surface area contributed by atoms with Crippen LogP contribution in [0.2, 0.25) is 0 Å². The standard InChI is InChI=1S/C16H17BrN2O/c17-13-4-5-15(19-10-13)11-20-16-3-1-2-12(8-16)9-18-14-6-7-14/h1-5,8,10,14,18H,6-7,9,11H2. The number of benzene rings is 1. The molecular formula is C16H17BrN2O. The molecule has 2 aromatic rings. The zero-order valence-corrected chi connectivity index (χ0v) is 12.8. The molecule has 0 atom stereocenters. The summed E-state index contributed by atoms with van der Waals surface area (Å²) in [6.45, 7) is 1.41. The van der Waals surface area contributed by atoms with E-state index in [2.05, 4.69) is 38.4 Å². The summed E-state index contributed by atoms with van der Waals surface area (Å²) in [5.74, 6) is 0.893. The third-order valence-corrected chi connectivity index (χ3v) is 3.72. The number of pyridine rings is 1. The molecule has 0 spiro atoms. The lowest BCUT2D eigenvalue weighted by Crippen LogP contribution is -2.15. The summed E-state index contributed by atoms with van der Waals surface area (Å²) in [5.41, 5.74) is 2.19. The van der Waals surface area contributed by atoms with Gasteiger partial charge in [0.05, 0.1) is 5.69 Å². The van der Waals surface area contributed by atoms with Crippen molar-refractivity contribution in [1.82, 2.24) is 10.3 Å². The van der Waals surface area contributed by atoms with Crippen molar-refractivity contribution in [3.05, 3.63) is 58.3 Å². The molecule has 1 saturated carbocycles. The van der Waals surface area contributed by atoms with E-state index in [1.165, 1.54) is 18.4 Å². The van der Waals surface area contributed by atoms with Crippen LogP contribution in [0.25, 0.3) is 0 Å². The highest BCUT2D eigenvalue weighted by Crippen LogP contribution is 2.20. The van der Waals surface area contributed by atoms with E-state index < -0.39 is 0 Å². The van der Waals surface area contributed by atoms with Gasteiger partial charge in [-0.25, -0.2) is 0 Å². The van der Waals surface area contributed by atoms with Crippen molar-refractivity contribution in [2.75, 3.05) is 0 Å². The van der Waals surface area contributed by atoms with E-state index in [9.17, 15) is 0 Å². The Bertz CT molecular complexity index is 567. The fourth-order valence-electron chi connectivity index (χ4n) is 1.94. The van der Waals surface area contributed by atoms with Gasteiger partial charge in [0.25, 0.3) is 0 Å². The molecule has 20 heavy (non-hydrogen) atoms. The Balaban J connectivity index is 1.56. The Labute approximate surface area is 127 Å². The number of hydrogen-bond donors (Lipinski definition) is 1. The van der Waals surface area contributed by atoms with E-state index in [1.54, 1.807) is 6.20 Å². The lowest BCUT2D eigenvalue weighted by Gasteiger charge is -2.08. The summed E-state index contributed by atoms with van der Waals surface area (Å²) in [6.07, 6.45) is 4.41. The number of ether oxygens (including phenoxy) is 1. The first kappa shape index (κ1) is 13.6. The van der Waals surface area contributed by atoms with Crippen LogP contribution in [0.5, 0.6) is 5.75 Å². The topological polar surface area (TPSA) is 34.1 Å². The zero-order chi connectivity index (χ0) is 13.8. The van der Waals surface area contributed by atoms with Crippen LogP contribution in [-0.2, 0) is 13.2 Å². The number of aromatic nitrogens is 1. The van der Waals surface area contributed by atoms with Crippen molar-refractivity contribution in [3.8, 4) is 5.75 Å². The van der Waals surface area contributed by atoms with E-state index >= 15 is 0 Å². The van der Waals surface area contributed by atoms with Crippen molar-refractivity contribution in [1.29, 1.82) is 0 Å². The Morgan fingerprint density at radius 1 is 1.25 bits per heavy atom. The molecule has 1 heterocycles. The molecule has 1 N–H and O–H groups in total. The minimum atomic E-state index is 0.493. The van der Waals surface area contributed by atoms with Crippen LogP contribution in [0.4, 0.5) is 0 Å². The lowest BCUT2D eigenvalue weighted by molar-refractivity contribution is 0.301. The predicted molar refractivity (Wildman–Crippen MR) is 82.6 cm³/mol. The molecule has 1 aromatic carbocycles. The monoisotopic (exact) mass is 332 g/mol. The molecule has 1 aliphatic rings. The van der Waals surface area contributed by atoms with Gasteiger partial charge in [-0.1, -0.05) is 12.1 Å². The Morgan fingerprint density at radius 3 is 2.90 bits per heavy atom. The minimum absolute atomic E-state index is 0.493. The van der Waals surface area contributed by atoms with Crippen LogP contribution in [0, 0.1) is 0 Å². The van der Waals surface area contributed by atoms with Crippen molar-refractivity contribution < 1.29 is 4.74 Å². The van der Waals surface area contributed by atoms with Crippen molar-refractivity contribution >= 4 is 15.9 Å². The van der Waals surface area contributed by atoms with Crippen molar-refractivity contribution in [3.63, 3.8) is 0 Å². The molecule has 0 unspecified atom stereocenters. The quantitative estimate of drug-likeness (QED) is 0.876. The molecule has 1 aromatic heterocycles. The smallest absolute Gasteiger partial charge is 0.130 e. The van der Waals surface area contributed by atoms with E-state index in [0.29, 0.717) is 6.61 Å². The molecule has 0 aliphatic heterocycles. The second-order valence-electron chi connectivity index (χ2n) is 5.06. The van der Waals surface area contributed by atoms with Gasteiger partial charge >= 0.3 is 0 Å². The number of halogens is 1. The van der Waals surface area contributed by atoms with Gasteiger partial charge in [-0.2, -0.15) is 0 Å². The average Bonchev–Trinajstić information content (AvgIpc) is 3.29. The Kier molecular flexibility index (Phi) is 4.33. The molecule has 3 nitrogen and oxygen atoms in total. The number of nitrogens with one attached hydrogen (secondary N) is 1. The summed E-state index contributed by atoms with van der Waals surface area (Å²) in [5, 5.41) is 3.51. The molecule has 3 rings (SSSR count). The van der Waals surface area contributed by atoms with Crippen LogP contribution in [0.15, 0.2) is 47.1 Å². The van der Waals surface area contributed by atoms with E-state index in [0.717, 1.165) is 28.5 Å². The first-order valence-corrected chi connectivity index (χ1v) is 7.64. The molecular weight excluding hydrogens is 316 g/mol. The maximum Gasteiger partial charge on any atom is 0.130 e. The van der Waals surface area contributed by atoms with Crippen LogP contribution in [0.1, 0.15) is 24.1 Å². The maximum absolute atomic E-state index is 5.79. The van der Waals surface area contributed by atoms with Crippen molar-refractivity contribution in [2.24, 2.45) is 0 Å². The van der Waals surface area contributed by atoms with E-state index in [-0.39, 0.29) is 0 Å². The van der Waals surface area contributed by atoms with Crippen LogP contribution in [-0.4, -0.2) is 11.0 Å². The third-order valence-electron chi connectivity index (χ3n) is 3.25. The van der Waals surface area contributed by atoms with Gasteiger partial charge in [0, 0.05) is 23.3 Å². The Morgan fingerprint density at radius 2 is 2.15 bits per heavy atom. The molecule has 1 aliphatic carbocycles. The van der Waals surface area contributed by atoms with Gasteiger partial charge in [-0.15, -0.1) is 0 Å². The fraction of sp³-hybridized carbons (Fsp3) is 0.312. The highest BCUT2D eigenvalue weighted by atomic mass is 79.9. The minimum Gasteiger partial charge on any atom is -0.487 e. The highest BCUT2D eigenvalue weighted by molar-refractivity contribution is 9.10. The zero-order valence-electron chi connectivity index (χ0n) is 11.2. The molecule has 1 fully saturated rings. The SMILES string of the molecule is Brc1ccc(COc2cccc(CNC3CC3)c2)nc1. The highest BCUT2D eigenvalue weighted by Gasteiger charge is 2.19. The van der Waals surface area contributed by atoms with Crippen molar-refractivity contribution in [2.45, 2.75) is 32.0 Å². The van der Waals surface area contributed by atoms with E-state index in [4.69, 9.17) is 4.74 Å². The average molecular weight is 333 g/mol. The normalized spacial score (nSPS) is 14.2. The fourth-order valence-corrected chi connectivity index (χ4v) is 2.18. The number of rotatable bonds is 6. The lowest BCUT2D eigenvalue weighted by atomic mass is 10.2. The molecule has 104 valence electrons. The first-order valence-electron chi connectivity index (χ1n) is 6.85. The first-order chi connectivity index (χ1) is 9.79. The third kappa shape index (κ3) is 4.05. The summed E-state index contributed by atoms with van der Waals surface area (Å²) in [4.78, 5) is 4.30. The van der Waals surface area contributed by atoms with Gasteiger partial charge in [-0.3, -0.25) is 4.98 Å². The maximum atomic E-state index is 5.79. The molecule has 0 radical (unpaired) electrons. The second kappa shape index (κ2) is 6.37. The van der Waals surface area contributed by atoms with Gasteiger partial charge in [-0.05, 0) is 58.6 Å². The molecule has 0 bridgehead atoms. The molecule has 4 heteroatoms. The molecule has 0 saturated heterocycles. The molecule has 0 amide bonds. The number of nitrogens with zero attached hydrogens (tertiary/aromatic N) is 1. The summed E-state index contributed by atoms with van der Waals surface area (Å²) in [7, 11) is 0. The summed E-state index contributed by atoms with van der Waals surface area (Å²) < 4.78 is 6.77. The Hall–Kier alpha value is -1.39. The summed E-state index contributed by atoms with van der Waals surface area (Å²) >= 11 is 3.37. The summed E-state index contributed by atoms with van der Waals surface area (Å²) in [6, 6.07) is 12.9. The van der Waals surface area contributed by atoms with Crippen LogP contribution in [0.3, 0.4) is 0 Å². The van der Waals surface area contributed by atoms with Gasteiger partial charge < -0.3 is 10.1 Å².